The minimum absolute atomic E-state index is 0.00539. The number of halogens is 1. The van der Waals surface area contributed by atoms with Crippen LogP contribution in [0.15, 0.2) is 79.1 Å². The fraction of sp³-hybridized carbons (Fsp3) is 0.0833. The molecule has 158 valence electrons. The molecule has 2 aromatic heterocycles. The van der Waals surface area contributed by atoms with E-state index in [2.05, 4.69) is 15.0 Å². The van der Waals surface area contributed by atoms with Crippen molar-refractivity contribution in [2.75, 3.05) is 11.5 Å². The van der Waals surface area contributed by atoms with Crippen molar-refractivity contribution >= 4 is 34.8 Å². The lowest BCUT2D eigenvalue weighted by Gasteiger charge is -2.29. The Labute approximate surface area is 189 Å². The molecule has 0 spiro atoms. The number of rotatable bonds is 5. The smallest absolute Gasteiger partial charge is 0.331 e. The van der Waals surface area contributed by atoms with Gasteiger partial charge in [0.05, 0.1) is 23.6 Å². The first-order valence-corrected chi connectivity index (χ1v) is 10.4. The highest BCUT2D eigenvalue weighted by Crippen LogP contribution is 2.36. The van der Waals surface area contributed by atoms with Gasteiger partial charge in [-0.15, -0.1) is 0 Å². The largest absolute Gasteiger partial charge is 0.482 e. The van der Waals surface area contributed by atoms with E-state index in [9.17, 15) is 4.79 Å². The van der Waals surface area contributed by atoms with Gasteiger partial charge in [-0.05, 0) is 48.5 Å². The molecular weight excluding hydrogens is 426 g/mol. The van der Waals surface area contributed by atoms with Gasteiger partial charge in [0.15, 0.2) is 6.61 Å². The van der Waals surface area contributed by atoms with Crippen LogP contribution in [0.5, 0.6) is 5.75 Å². The van der Waals surface area contributed by atoms with Crippen molar-refractivity contribution in [3.8, 4) is 17.0 Å². The first kappa shape index (κ1) is 20.1. The maximum atomic E-state index is 12.6. The Kier molecular flexibility index (Phi) is 5.49. The number of nitrogens with two attached hydrogens (primary N) is 1. The molecule has 0 atom stereocenters. The molecule has 4 aromatic rings. The van der Waals surface area contributed by atoms with Crippen molar-refractivity contribution in [3.63, 3.8) is 0 Å². The van der Waals surface area contributed by atoms with Crippen LogP contribution in [0.4, 0.5) is 17.3 Å². The first-order valence-electron chi connectivity index (χ1n) is 10.1. The van der Waals surface area contributed by atoms with Gasteiger partial charge in [0.25, 0.3) is 5.91 Å². The van der Waals surface area contributed by atoms with E-state index in [1.54, 1.807) is 17.3 Å². The number of amides is 1. The van der Waals surface area contributed by atoms with Gasteiger partial charge >= 0.3 is 5.95 Å². The van der Waals surface area contributed by atoms with E-state index in [1.807, 2.05) is 72.0 Å². The molecule has 0 fully saturated rings. The van der Waals surface area contributed by atoms with Crippen LogP contribution >= 0.6 is 11.6 Å². The Morgan fingerprint density at radius 1 is 1.00 bits per heavy atom. The summed E-state index contributed by atoms with van der Waals surface area (Å²) in [6.45, 7) is 0.377. The summed E-state index contributed by atoms with van der Waals surface area (Å²) in [5.41, 5.74) is 4.02. The molecule has 0 unspecified atom stereocenters. The molecule has 3 heterocycles. The number of anilines is 1. The second kappa shape index (κ2) is 8.74. The quantitative estimate of drug-likeness (QED) is 0.475. The van der Waals surface area contributed by atoms with Crippen LogP contribution in [0.3, 0.4) is 0 Å². The highest BCUT2D eigenvalue weighted by Gasteiger charge is 2.26. The lowest BCUT2D eigenvalue weighted by molar-refractivity contribution is -0.487. The zero-order chi connectivity index (χ0) is 21.9. The predicted molar refractivity (Wildman–Crippen MR) is 121 cm³/mol. The molecule has 1 aliphatic heterocycles. The Morgan fingerprint density at radius 2 is 1.94 bits per heavy atom. The molecule has 1 amide bonds. The van der Waals surface area contributed by atoms with Crippen LogP contribution in [0, 0.1) is 0 Å². The standard InChI is InChI=1S/C24H18ClN5O2/c25-17-4-3-6-18(13-17)28-24-27-11-9-20(29-24)16-7-8-22-21(12-16)30(23(31)15-32-22)14-19-5-1-2-10-26-19/h1-13H,14-15H2,(H,27,28,29)/p+1. The van der Waals surface area contributed by atoms with Crippen molar-refractivity contribution in [2.24, 2.45) is 0 Å². The number of aromatic nitrogens is 3. The molecule has 7 nitrogen and oxygen atoms in total. The SMILES string of the molecule is O=C1COc2ccc(-c3ccnc([NH2+]c4cccc(Cl)c4)n3)cc2N1Cc1ccccn1. The summed E-state index contributed by atoms with van der Waals surface area (Å²) in [7, 11) is 0. The van der Waals surface area contributed by atoms with Gasteiger partial charge in [-0.1, -0.05) is 23.7 Å². The number of quaternary nitrogens is 1. The third kappa shape index (κ3) is 4.30. The van der Waals surface area contributed by atoms with E-state index in [0.29, 0.717) is 29.0 Å². The summed E-state index contributed by atoms with van der Waals surface area (Å²) in [5.74, 6) is 1.11. The number of nitrogens with zero attached hydrogens (tertiary/aromatic N) is 4. The van der Waals surface area contributed by atoms with Gasteiger partial charge in [0.1, 0.15) is 11.4 Å². The summed E-state index contributed by atoms with van der Waals surface area (Å²) in [6.07, 6.45) is 3.43. The minimum atomic E-state index is -0.113. The Hall–Kier alpha value is -3.81. The number of ether oxygens (including phenoxy) is 1. The van der Waals surface area contributed by atoms with Crippen molar-refractivity contribution in [1.82, 2.24) is 15.0 Å². The average molecular weight is 445 g/mol. The van der Waals surface area contributed by atoms with Crippen LogP contribution in [-0.4, -0.2) is 27.5 Å². The molecule has 0 aliphatic carbocycles. The number of carbonyl (C=O) groups excluding carboxylic acids is 1. The normalized spacial score (nSPS) is 12.9. The first-order chi connectivity index (χ1) is 15.7. The molecule has 2 N–H and O–H groups in total. The van der Waals surface area contributed by atoms with Crippen molar-refractivity contribution < 1.29 is 14.8 Å². The van der Waals surface area contributed by atoms with E-state index in [4.69, 9.17) is 16.3 Å². The van der Waals surface area contributed by atoms with E-state index < -0.39 is 0 Å². The summed E-state index contributed by atoms with van der Waals surface area (Å²) in [5, 5.41) is 2.52. The minimum Gasteiger partial charge on any atom is -0.482 e. The Balaban J connectivity index is 1.46. The summed E-state index contributed by atoms with van der Waals surface area (Å²) in [6, 6.07) is 20.7. The molecular formula is C24H19ClN5O2+. The van der Waals surface area contributed by atoms with E-state index in [-0.39, 0.29) is 12.5 Å². The zero-order valence-electron chi connectivity index (χ0n) is 17.0. The lowest BCUT2D eigenvalue weighted by Crippen LogP contribution is -2.72. The molecule has 0 saturated carbocycles. The summed E-state index contributed by atoms with van der Waals surface area (Å²) >= 11 is 6.08. The number of benzene rings is 2. The monoisotopic (exact) mass is 444 g/mol. The Bertz CT molecular complexity index is 1280. The number of fused-ring (bicyclic) bond motifs is 1. The van der Waals surface area contributed by atoms with Crippen molar-refractivity contribution in [2.45, 2.75) is 6.54 Å². The predicted octanol–water partition coefficient (Wildman–Crippen LogP) is 3.64. The maximum Gasteiger partial charge on any atom is 0.331 e. The van der Waals surface area contributed by atoms with Crippen LogP contribution in [-0.2, 0) is 11.3 Å². The van der Waals surface area contributed by atoms with Gasteiger partial charge in [-0.25, -0.2) is 5.32 Å². The van der Waals surface area contributed by atoms with Gasteiger partial charge in [0, 0.05) is 29.0 Å². The molecule has 1 aliphatic rings. The Morgan fingerprint density at radius 3 is 2.78 bits per heavy atom. The number of hydrogen-bond acceptors (Lipinski definition) is 5. The molecule has 2 aromatic carbocycles. The van der Waals surface area contributed by atoms with Crippen LogP contribution in [0.2, 0.25) is 5.02 Å². The van der Waals surface area contributed by atoms with E-state index >= 15 is 0 Å². The molecule has 8 heteroatoms. The number of hydrogen-bond donors (Lipinski definition) is 1. The summed E-state index contributed by atoms with van der Waals surface area (Å²) in [4.78, 5) is 27.7. The average Bonchev–Trinajstić information content (AvgIpc) is 2.81. The third-order valence-corrected chi connectivity index (χ3v) is 5.30. The van der Waals surface area contributed by atoms with Crippen LogP contribution < -0.4 is 15.0 Å². The van der Waals surface area contributed by atoms with E-state index in [0.717, 1.165) is 22.6 Å². The highest BCUT2D eigenvalue weighted by atomic mass is 35.5. The fourth-order valence-corrected chi connectivity index (χ4v) is 3.74. The third-order valence-electron chi connectivity index (χ3n) is 5.06. The van der Waals surface area contributed by atoms with Crippen LogP contribution in [0.1, 0.15) is 5.69 Å². The molecule has 0 radical (unpaired) electrons. The number of carbonyl (C=O) groups is 1. The molecule has 0 saturated heterocycles. The van der Waals surface area contributed by atoms with E-state index in [1.165, 1.54) is 0 Å². The fourth-order valence-electron chi connectivity index (χ4n) is 3.54. The van der Waals surface area contributed by atoms with Crippen molar-refractivity contribution in [3.05, 3.63) is 89.8 Å². The molecule has 0 bridgehead atoms. The topological polar surface area (TPSA) is 84.8 Å². The highest BCUT2D eigenvalue weighted by molar-refractivity contribution is 6.30. The zero-order valence-corrected chi connectivity index (χ0v) is 17.7. The van der Waals surface area contributed by atoms with Gasteiger partial charge in [0.2, 0.25) is 0 Å². The second-order valence-electron chi connectivity index (χ2n) is 7.27. The lowest BCUT2D eigenvalue weighted by atomic mass is 10.1. The second-order valence-corrected chi connectivity index (χ2v) is 7.71. The summed E-state index contributed by atoms with van der Waals surface area (Å²) < 4.78 is 5.65. The van der Waals surface area contributed by atoms with Gasteiger partial charge in [-0.3, -0.25) is 14.7 Å². The van der Waals surface area contributed by atoms with Gasteiger partial charge in [-0.2, -0.15) is 9.97 Å². The van der Waals surface area contributed by atoms with Crippen molar-refractivity contribution in [1.29, 1.82) is 0 Å². The van der Waals surface area contributed by atoms with Crippen LogP contribution in [0.25, 0.3) is 11.3 Å². The molecule has 5 rings (SSSR count). The van der Waals surface area contributed by atoms with Gasteiger partial charge < -0.3 is 4.74 Å². The maximum absolute atomic E-state index is 12.6. The number of pyridine rings is 1. The molecule has 32 heavy (non-hydrogen) atoms.